The second-order valence-electron chi connectivity index (χ2n) is 3.50. The molecule has 0 aliphatic carbocycles. The summed E-state index contributed by atoms with van der Waals surface area (Å²) in [6.45, 7) is 4.62. The second-order valence-corrected chi connectivity index (χ2v) is 4.61. The number of benzene rings is 1. The van der Waals surface area contributed by atoms with E-state index in [4.69, 9.17) is 5.11 Å². The van der Waals surface area contributed by atoms with Crippen LogP contribution in [0.25, 0.3) is 0 Å². The van der Waals surface area contributed by atoms with E-state index in [1.807, 2.05) is 11.8 Å². The molecule has 1 aromatic carbocycles. The van der Waals surface area contributed by atoms with Crippen LogP contribution in [0.1, 0.15) is 24.0 Å². The molecule has 1 nitrogen and oxygen atoms in total. The summed E-state index contributed by atoms with van der Waals surface area (Å²) in [6.07, 6.45) is 2.01. The minimum absolute atomic E-state index is 0.313. The maximum absolute atomic E-state index is 8.66. The first-order valence-corrected chi connectivity index (χ1v) is 6.04. The van der Waals surface area contributed by atoms with Crippen molar-refractivity contribution in [1.29, 1.82) is 0 Å². The van der Waals surface area contributed by atoms with Crippen molar-refractivity contribution in [3.8, 4) is 0 Å². The van der Waals surface area contributed by atoms with Crippen LogP contribution < -0.4 is 0 Å². The van der Waals surface area contributed by atoms with E-state index in [2.05, 4.69) is 32.0 Å². The second kappa shape index (κ2) is 6.10. The predicted octanol–water partition coefficient (Wildman–Crippen LogP) is 3.17. The number of thioether (sulfide) groups is 1. The fourth-order valence-corrected chi connectivity index (χ4v) is 2.56. The lowest BCUT2D eigenvalue weighted by Crippen LogP contribution is -1.89. The van der Waals surface area contributed by atoms with Gasteiger partial charge in [-0.15, -0.1) is 11.8 Å². The molecule has 0 heterocycles. The van der Waals surface area contributed by atoms with E-state index < -0.39 is 0 Å². The van der Waals surface area contributed by atoms with Crippen LogP contribution in [0.15, 0.2) is 23.1 Å². The molecule has 1 N–H and O–H groups in total. The zero-order chi connectivity index (χ0) is 10.4. The van der Waals surface area contributed by atoms with Gasteiger partial charge < -0.3 is 5.11 Å². The van der Waals surface area contributed by atoms with Gasteiger partial charge in [0.15, 0.2) is 0 Å². The monoisotopic (exact) mass is 210 g/mol. The molecule has 0 radical (unpaired) electrons. The molecule has 14 heavy (non-hydrogen) atoms. The number of aryl methyl sites for hydroxylation is 2. The molecule has 0 saturated heterocycles. The van der Waals surface area contributed by atoms with Gasteiger partial charge >= 0.3 is 0 Å². The predicted molar refractivity (Wildman–Crippen MR) is 63.0 cm³/mol. The van der Waals surface area contributed by atoms with Crippen molar-refractivity contribution in [1.82, 2.24) is 0 Å². The van der Waals surface area contributed by atoms with Crippen LogP contribution in [0, 0.1) is 13.8 Å². The molecule has 78 valence electrons. The van der Waals surface area contributed by atoms with Gasteiger partial charge in [0.25, 0.3) is 0 Å². The topological polar surface area (TPSA) is 20.2 Å². The van der Waals surface area contributed by atoms with Crippen molar-refractivity contribution in [3.63, 3.8) is 0 Å². The number of hydrogen-bond acceptors (Lipinski definition) is 2. The van der Waals surface area contributed by atoms with Crippen LogP contribution in [-0.2, 0) is 0 Å². The molecule has 0 aliphatic heterocycles. The van der Waals surface area contributed by atoms with Crippen molar-refractivity contribution in [3.05, 3.63) is 29.3 Å². The van der Waals surface area contributed by atoms with E-state index in [0.29, 0.717) is 6.61 Å². The van der Waals surface area contributed by atoms with E-state index in [0.717, 1.165) is 18.6 Å². The van der Waals surface area contributed by atoms with E-state index in [1.54, 1.807) is 0 Å². The van der Waals surface area contributed by atoms with Gasteiger partial charge in [-0.05, 0) is 43.6 Å². The van der Waals surface area contributed by atoms with Gasteiger partial charge in [0.1, 0.15) is 0 Å². The van der Waals surface area contributed by atoms with Gasteiger partial charge in [-0.2, -0.15) is 0 Å². The Labute approximate surface area is 90.5 Å². The van der Waals surface area contributed by atoms with Crippen LogP contribution in [0.2, 0.25) is 0 Å². The van der Waals surface area contributed by atoms with Crippen LogP contribution in [0.5, 0.6) is 0 Å². The van der Waals surface area contributed by atoms with E-state index in [1.165, 1.54) is 16.0 Å². The van der Waals surface area contributed by atoms with Crippen molar-refractivity contribution in [2.75, 3.05) is 12.4 Å². The molecule has 0 spiro atoms. The third-order valence-corrected chi connectivity index (χ3v) is 3.63. The Kier molecular flexibility index (Phi) is 5.05. The first-order chi connectivity index (χ1) is 6.75. The number of hydrogen-bond donors (Lipinski definition) is 1. The quantitative estimate of drug-likeness (QED) is 0.595. The van der Waals surface area contributed by atoms with Gasteiger partial charge in [-0.3, -0.25) is 0 Å². The number of aliphatic hydroxyl groups is 1. The van der Waals surface area contributed by atoms with E-state index >= 15 is 0 Å². The molecule has 0 bridgehead atoms. The van der Waals surface area contributed by atoms with Gasteiger partial charge in [-0.1, -0.05) is 18.2 Å². The Morgan fingerprint density at radius 1 is 1.14 bits per heavy atom. The molecule has 1 aromatic rings. The molecule has 0 unspecified atom stereocenters. The van der Waals surface area contributed by atoms with Crippen molar-refractivity contribution in [2.24, 2.45) is 0 Å². The highest BCUT2D eigenvalue weighted by Gasteiger charge is 2.01. The summed E-state index contributed by atoms with van der Waals surface area (Å²) in [6, 6.07) is 6.41. The molecule has 1 rings (SSSR count). The first kappa shape index (κ1) is 11.6. The Hall–Kier alpha value is -0.470. The highest BCUT2D eigenvalue weighted by molar-refractivity contribution is 7.99. The highest BCUT2D eigenvalue weighted by atomic mass is 32.2. The SMILES string of the molecule is Cc1cccc(C)c1SCCCCO. The fourth-order valence-electron chi connectivity index (χ4n) is 1.41. The van der Waals surface area contributed by atoms with Crippen LogP contribution >= 0.6 is 11.8 Å². The largest absolute Gasteiger partial charge is 0.396 e. The summed E-state index contributed by atoms with van der Waals surface area (Å²) < 4.78 is 0. The molecule has 0 atom stereocenters. The van der Waals surface area contributed by atoms with Gasteiger partial charge in [-0.25, -0.2) is 0 Å². The maximum Gasteiger partial charge on any atom is 0.0431 e. The zero-order valence-electron chi connectivity index (χ0n) is 8.92. The molecule has 0 aliphatic rings. The highest BCUT2D eigenvalue weighted by Crippen LogP contribution is 2.26. The zero-order valence-corrected chi connectivity index (χ0v) is 9.73. The molecule has 0 saturated carbocycles. The summed E-state index contributed by atoms with van der Waals surface area (Å²) in [5.41, 5.74) is 2.72. The molecular weight excluding hydrogens is 192 g/mol. The molecular formula is C12H18OS. The third-order valence-electron chi connectivity index (χ3n) is 2.21. The van der Waals surface area contributed by atoms with Crippen molar-refractivity contribution < 1.29 is 5.11 Å². The summed E-state index contributed by atoms with van der Waals surface area (Å²) >= 11 is 1.90. The van der Waals surface area contributed by atoms with Gasteiger partial charge in [0.2, 0.25) is 0 Å². The van der Waals surface area contributed by atoms with Gasteiger partial charge in [0, 0.05) is 11.5 Å². The molecule has 0 amide bonds. The molecule has 2 heteroatoms. The molecule has 0 fully saturated rings. The average molecular weight is 210 g/mol. The Balaban J connectivity index is 2.49. The van der Waals surface area contributed by atoms with Crippen LogP contribution in [0.4, 0.5) is 0 Å². The summed E-state index contributed by atoms with van der Waals surface area (Å²) in [5, 5.41) is 8.66. The Bertz CT molecular complexity index is 263. The average Bonchev–Trinajstić information content (AvgIpc) is 2.16. The Morgan fingerprint density at radius 2 is 1.79 bits per heavy atom. The third kappa shape index (κ3) is 3.35. The fraction of sp³-hybridized carbons (Fsp3) is 0.500. The summed E-state index contributed by atoms with van der Waals surface area (Å²) in [4.78, 5) is 1.41. The standard InChI is InChI=1S/C12H18OS/c1-10-6-5-7-11(2)12(10)14-9-4-3-8-13/h5-7,13H,3-4,8-9H2,1-2H3. The number of unbranched alkanes of at least 4 members (excludes halogenated alkanes) is 1. The van der Waals surface area contributed by atoms with E-state index in [-0.39, 0.29) is 0 Å². The lowest BCUT2D eigenvalue weighted by molar-refractivity contribution is 0.287. The van der Waals surface area contributed by atoms with Crippen molar-refractivity contribution in [2.45, 2.75) is 31.6 Å². The molecule has 0 aromatic heterocycles. The number of rotatable bonds is 5. The van der Waals surface area contributed by atoms with Crippen LogP contribution in [-0.4, -0.2) is 17.5 Å². The van der Waals surface area contributed by atoms with Crippen molar-refractivity contribution >= 4 is 11.8 Å². The lowest BCUT2D eigenvalue weighted by atomic mass is 10.2. The summed E-state index contributed by atoms with van der Waals surface area (Å²) in [5.74, 6) is 1.10. The smallest absolute Gasteiger partial charge is 0.0431 e. The lowest BCUT2D eigenvalue weighted by Gasteiger charge is -2.08. The normalized spacial score (nSPS) is 10.5. The van der Waals surface area contributed by atoms with Crippen LogP contribution in [0.3, 0.4) is 0 Å². The van der Waals surface area contributed by atoms with Gasteiger partial charge in [0.05, 0.1) is 0 Å². The maximum atomic E-state index is 8.66. The first-order valence-electron chi connectivity index (χ1n) is 5.05. The minimum Gasteiger partial charge on any atom is -0.396 e. The Morgan fingerprint density at radius 3 is 2.36 bits per heavy atom. The minimum atomic E-state index is 0.313. The summed E-state index contributed by atoms with van der Waals surface area (Å²) in [7, 11) is 0. The number of aliphatic hydroxyl groups excluding tert-OH is 1. The van der Waals surface area contributed by atoms with E-state index in [9.17, 15) is 0 Å².